The van der Waals surface area contributed by atoms with Crippen LogP contribution in [0.5, 0.6) is 5.75 Å². The van der Waals surface area contributed by atoms with Crippen LogP contribution in [0, 0.1) is 0 Å². The minimum Gasteiger partial charge on any atom is -0.497 e. The third-order valence-corrected chi connectivity index (χ3v) is 4.69. The van der Waals surface area contributed by atoms with E-state index in [0.29, 0.717) is 5.75 Å². The van der Waals surface area contributed by atoms with E-state index in [4.69, 9.17) is 4.74 Å². The van der Waals surface area contributed by atoms with E-state index in [9.17, 15) is 4.79 Å². The molecule has 1 saturated heterocycles. The lowest BCUT2D eigenvalue weighted by Crippen LogP contribution is -2.31. The molecule has 0 aliphatic carbocycles. The molecular weight excluding hydrogens is 300 g/mol. The number of thioether (sulfide) groups is 1. The summed E-state index contributed by atoms with van der Waals surface area (Å²) in [5.74, 6) is 1.37. The summed E-state index contributed by atoms with van der Waals surface area (Å²) in [4.78, 5) is 14.4. The molecule has 1 fully saturated rings. The SMILES string of the molecule is COc1ccc(C2CCCN2C(=O)CSc2cn[nH]n2)cc1. The number of rotatable bonds is 5. The van der Waals surface area contributed by atoms with Gasteiger partial charge in [0.1, 0.15) is 10.8 Å². The van der Waals surface area contributed by atoms with Gasteiger partial charge in [0.25, 0.3) is 0 Å². The Morgan fingerprint density at radius 3 is 2.95 bits per heavy atom. The second-order valence-electron chi connectivity index (χ2n) is 5.12. The van der Waals surface area contributed by atoms with E-state index < -0.39 is 0 Å². The van der Waals surface area contributed by atoms with Crippen molar-refractivity contribution in [1.82, 2.24) is 20.3 Å². The Labute approximate surface area is 133 Å². The van der Waals surface area contributed by atoms with Crippen molar-refractivity contribution in [3.05, 3.63) is 36.0 Å². The molecule has 3 rings (SSSR count). The van der Waals surface area contributed by atoms with Crippen LogP contribution in [0.25, 0.3) is 0 Å². The average molecular weight is 318 g/mol. The maximum atomic E-state index is 12.5. The predicted octanol–water partition coefficient (Wildman–Crippen LogP) is 2.27. The summed E-state index contributed by atoms with van der Waals surface area (Å²) >= 11 is 1.41. The number of carbonyl (C=O) groups is 1. The zero-order chi connectivity index (χ0) is 15.4. The number of H-pyrrole nitrogens is 1. The van der Waals surface area contributed by atoms with Crippen LogP contribution in [0.2, 0.25) is 0 Å². The predicted molar refractivity (Wildman–Crippen MR) is 83.8 cm³/mol. The van der Waals surface area contributed by atoms with Gasteiger partial charge in [-0.3, -0.25) is 4.79 Å². The molecular formula is C15H18N4O2S. The third kappa shape index (κ3) is 3.24. The normalized spacial score (nSPS) is 17.7. The molecule has 2 aromatic rings. The average Bonchev–Trinajstić information content (AvgIpc) is 3.24. The van der Waals surface area contributed by atoms with Crippen LogP contribution in [0.15, 0.2) is 35.5 Å². The Morgan fingerprint density at radius 2 is 2.27 bits per heavy atom. The minimum atomic E-state index is 0.145. The Bertz CT molecular complexity index is 615. The fraction of sp³-hybridized carbons (Fsp3) is 0.400. The lowest BCUT2D eigenvalue weighted by molar-refractivity contribution is -0.129. The second-order valence-corrected chi connectivity index (χ2v) is 6.11. The number of ether oxygens (including phenoxy) is 1. The number of hydrogen-bond acceptors (Lipinski definition) is 5. The first-order valence-corrected chi connectivity index (χ1v) is 8.18. The molecule has 7 heteroatoms. The van der Waals surface area contributed by atoms with Gasteiger partial charge in [0.05, 0.1) is 25.1 Å². The molecule has 6 nitrogen and oxygen atoms in total. The number of carbonyl (C=O) groups excluding carboxylic acids is 1. The maximum Gasteiger partial charge on any atom is 0.233 e. The van der Waals surface area contributed by atoms with Crippen molar-refractivity contribution in [2.24, 2.45) is 0 Å². The largest absolute Gasteiger partial charge is 0.497 e. The summed E-state index contributed by atoms with van der Waals surface area (Å²) in [6.45, 7) is 0.814. The first-order valence-electron chi connectivity index (χ1n) is 7.20. The van der Waals surface area contributed by atoms with Crippen molar-refractivity contribution in [3.8, 4) is 5.75 Å². The Morgan fingerprint density at radius 1 is 1.45 bits per heavy atom. The van der Waals surface area contributed by atoms with Gasteiger partial charge >= 0.3 is 0 Å². The quantitative estimate of drug-likeness (QED) is 0.856. The molecule has 1 aliphatic heterocycles. The molecule has 0 saturated carbocycles. The summed E-state index contributed by atoms with van der Waals surface area (Å²) < 4.78 is 5.19. The van der Waals surface area contributed by atoms with E-state index in [1.54, 1.807) is 13.3 Å². The van der Waals surface area contributed by atoms with Crippen LogP contribution in [0.4, 0.5) is 0 Å². The monoisotopic (exact) mass is 318 g/mol. The molecule has 1 atom stereocenters. The van der Waals surface area contributed by atoms with Crippen molar-refractivity contribution in [1.29, 1.82) is 0 Å². The van der Waals surface area contributed by atoms with Crippen molar-refractivity contribution in [3.63, 3.8) is 0 Å². The maximum absolute atomic E-state index is 12.5. The van der Waals surface area contributed by atoms with E-state index in [1.165, 1.54) is 11.8 Å². The molecule has 1 unspecified atom stereocenters. The van der Waals surface area contributed by atoms with Gasteiger partial charge in [-0.25, -0.2) is 0 Å². The van der Waals surface area contributed by atoms with Crippen LogP contribution < -0.4 is 4.74 Å². The first kappa shape index (κ1) is 14.9. The molecule has 1 aliphatic rings. The Hall–Kier alpha value is -2.02. The highest BCUT2D eigenvalue weighted by Gasteiger charge is 2.29. The van der Waals surface area contributed by atoms with Crippen molar-refractivity contribution in [2.45, 2.75) is 23.9 Å². The molecule has 116 valence electrons. The van der Waals surface area contributed by atoms with Crippen LogP contribution in [0.3, 0.4) is 0 Å². The van der Waals surface area contributed by atoms with Gasteiger partial charge in [-0.2, -0.15) is 10.3 Å². The Balaban J connectivity index is 1.65. The molecule has 1 N–H and O–H groups in total. The molecule has 1 aromatic carbocycles. The molecule has 1 amide bonds. The molecule has 0 radical (unpaired) electrons. The van der Waals surface area contributed by atoms with Gasteiger partial charge in [-0.1, -0.05) is 23.9 Å². The molecule has 2 heterocycles. The van der Waals surface area contributed by atoms with Gasteiger partial charge in [0, 0.05) is 6.54 Å². The first-order chi connectivity index (χ1) is 10.8. The summed E-state index contributed by atoms with van der Waals surface area (Å²) in [5, 5.41) is 11.0. The fourth-order valence-electron chi connectivity index (χ4n) is 2.72. The molecule has 22 heavy (non-hydrogen) atoms. The van der Waals surface area contributed by atoms with Gasteiger partial charge in [-0.05, 0) is 30.5 Å². The number of benzene rings is 1. The van der Waals surface area contributed by atoms with E-state index in [1.807, 2.05) is 29.2 Å². The zero-order valence-electron chi connectivity index (χ0n) is 12.4. The molecule has 1 aromatic heterocycles. The van der Waals surface area contributed by atoms with Crippen LogP contribution >= 0.6 is 11.8 Å². The number of hydrogen-bond donors (Lipinski definition) is 1. The Kier molecular flexibility index (Phi) is 4.62. The summed E-state index contributed by atoms with van der Waals surface area (Å²) in [6, 6.07) is 8.14. The van der Waals surface area contributed by atoms with Gasteiger partial charge in [-0.15, -0.1) is 5.10 Å². The van der Waals surface area contributed by atoms with E-state index >= 15 is 0 Å². The summed E-state index contributed by atoms with van der Waals surface area (Å²) in [5.41, 5.74) is 1.16. The minimum absolute atomic E-state index is 0.145. The van der Waals surface area contributed by atoms with E-state index in [0.717, 1.165) is 35.7 Å². The number of nitrogens with one attached hydrogen (secondary N) is 1. The number of likely N-dealkylation sites (tertiary alicyclic amines) is 1. The van der Waals surface area contributed by atoms with E-state index in [2.05, 4.69) is 15.4 Å². The summed E-state index contributed by atoms with van der Waals surface area (Å²) in [6.07, 6.45) is 3.67. The van der Waals surface area contributed by atoms with Crippen LogP contribution in [0.1, 0.15) is 24.4 Å². The standard InChI is InChI=1S/C15H18N4O2S/c1-21-12-6-4-11(5-7-12)13-3-2-8-19(13)15(20)10-22-14-9-16-18-17-14/h4-7,9,13H,2-3,8,10H2,1H3,(H,16,17,18). The topological polar surface area (TPSA) is 71.1 Å². The highest BCUT2D eigenvalue weighted by Crippen LogP contribution is 2.33. The van der Waals surface area contributed by atoms with Gasteiger partial charge in [0.2, 0.25) is 5.91 Å². The van der Waals surface area contributed by atoms with Gasteiger partial charge in [0.15, 0.2) is 0 Å². The second kappa shape index (κ2) is 6.83. The van der Waals surface area contributed by atoms with Gasteiger partial charge < -0.3 is 9.64 Å². The number of nitrogens with zero attached hydrogens (tertiary/aromatic N) is 3. The molecule has 0 bridgehead atoms. The number of methoxy groups -OCH3 is 1. The van der Waals surface area contributed by atoms with Crippen molar-refractivity contribution < 1.29 is 9.53 Å². The van der Waals surface area contributed by atoms with E-state index in [-0.39, 0.29) is 11.9 Å². The van der Waals surface area contributed by atoms with Crippen molar-refractivity contribution >= 4 is 17.7 Å². The van der Waals surface area contributed by atoms with Crippen LogP contribution in [-0.2, 0) is 4.79 Å². The third-order valence-electron chi connectivity index (χ3n) is 3.81. The van der Waals surface area contributed by atoms with Crippen LogP contribution in [-0.4, -0.2) is 45.6 Å². The zero-order valence-corrected chi connectivity index (χ0v) is 13.2. The lowest BCUT2D eigenvalue weighted by Gasteiger charge is -2.25. The summed E-state index contributed by atoms with van der Waals surface area (Å²) in [7, 11) is 1.65. The van der Waals surface area contributed by atoms with Crippen molar-refractivity contribution in [2.75, 3.05) is 19.4 Å². The smallest absolute Gasteiger partial charge is 0.233 e. The number of amides is 1. The number of aromatic nitrogens is 3. The highest BCUT2D eigenvalue weighted by molar-refractivity contribution is 7.99. The fourth-order valence-corrected chi connectivity index (χ4v) is 3.39. The molecule has 0 spiro atoms. The lowest BCUT2D eigenvalue weighted by atomic mass is 10.0. The highest BCUT2D eigenvalue weighted by atomic mass is 32.2. The number of aromatic amines is 1.